The summed E-state index contributed by atoms with van der Waals surface area (Å²) in [5.41, 5.74) is 2.12. The van der Waals surface area contributed by atoms with Crippen LogP contribution >= 0.6 is 0 Å². The summed E-state index contributed by atoms with van der Waals surface area (Å²) in [6, 6.07) is 15.8. The molecule has 3 aromatic rings. The van der Waals surface area contributed by atoms with Gasteiger partial charge in [0.25, 0.3) is 0 Å². The maximum atomic E-state index is 13.6. The fourth-order valence-electron chi connectivity index (χ4n) is 2.62. The van der Waals surface area contributed by atoms with Gasteiger partial charge >= 0.3 is 0 Å². The number of hydrogen-bond donors (Lipinski definition) is 1. The number of amides is 1. The van der Waals surface area contributed by atoms with Gasteiger partial charge in [-0.15, -0.1) is 0 Å². The standard InChI is InChI=1S/C23H21FN2O2/c1-16-8-9-18(13-22(16)24)10-11-23(27)26-17(2)19-5-3-6-20(14-19)28-21-7-4-12-25-15-21/h3-15,17H,1-2H3,(H,26,27)/b11-10+. The van der Waals surface area contributed by atoms with Crippen LogP contribution in [0, 0.1) is 12.7 Å². The first-order valence-electron chi connectivity index (χ1n) is 8.94. The maximum absolute atomic E-state index is 13.6. The van der Waals surface area contributed by atoms with Gasteiger partial charge in [0, 0.05) is 12.3 Å². The lowest BCUT2D eigenvalue weighted by Crippen LogP contribution is -2.24. The minimum Gasteiger partial charge on any atom is -0.456 e. The zero-order valence-corrected chi connectivity index (χ0v) is 15.7. The van der Waals surface area contributed by atoms with Crippen molar-refractivity contribution >= 4 is 12.0 Å². The van der Waals surface area contributed by atoms with E-state index in [9.17, 15) is 9.18 Å². The van der Waals surface area contributed by atoms with Crippen molar-refractivity contribution < 1.29 is 13.9 Å². The average molecular weight is 376 g/mol. The third-order valence-electron chi connectivity index (χ3n) is 4.21. The summed E-state index contributed by atoms with van der Waals surface area (Å²) in [7, 11) is 0. The predicted octanol–water partition coefficient (Wildman–Crippen LogP) is 5.21. The van der Waals surface area contributed by atoms with Crippen LogP contribution in [0.1, 0.15) is 29.7 Å². The number of nitrogens with one attached hydrogen (secondary N) is 1. The molecule has 0 saturated heterocycles. The highest BCUT2D eigenvalue weighted by atomic mass is 19.1. The predicted molar refractivity (Wildman–Crippen MR) is 107 cm³/mol. The second-order valence-corrected chi connectivity index (χ2v) is 6.44. The van der Waals surface area contributed by atoms with Crippen LogP contribution in [0.15, 0.2) is 73.1 Å². The van der Waals surface area contributed by atoms with Gasteiger partial charge in [-0.1, -0.05) is 24.3 Å². The van der Waals surface area contributed by atoms with E-state index < -0.39 is 0 Å². The zero-order chi connectivity index (χ0) is 19.9. The van der Waals surface area contributed by atoms with Crippen LogP contribution < -0.4 is 10.1 Å². The molecule has 1 N–H and O–H groups in total. The molecule has 3 rings (SSSR count). The van der Waals surface area contributed by atoms with Crippen LogP contribution in [0.3, 0.4) is 0 Å². The summed E-state index contributed by atoms with van der Waals surface area (Å²) in [5, 5.41) is 2.90. The number of halogens is 1. The second kappa shape index (κ2) is 8.95. The highest BCUT2D eigenvalue weighted by Crippen LogP contribution is 2.24. The lowest BCUT2D eigenvalue weighted by atomic mass is 10.1. The number of aryl methyl sites for hydroxylation is 1. The normalized spacial score (nSPS) is 12.0. The molecule has 0 fully saturated rings. The number of nitrogens with zero attached hydrogens (tertiary/aromatic N) is 1. The number of carbonyl (C=O) groups excluding carboxylic acids is 1. The first kappa shape index (κ1) is 19.3. The van der Waals surface area contributed by atoms with Crippen LogP contribution in [0.5, 0.6) is 11.5 Å². The summed E-state index contributed by atoms with van der Waals surface area (Å²) < 4.78 is 19.4. The molecule has 1 aromatic heterocycles. The molecule has 0 radical (unpaired) electrons. The van der Waals surface area contributed by atoms with E-state index in [1.54, 1.807) is 43.6 Å². The van der Waals surface area contributed by atoms with E-state index in [-0.39, 0.29) is 17.8 Å². The molecule has 0 aliphatic rings. The fraction of sp³-hybridized carbons (Fsp3) is 0.130. The van der Waals surface area contributed by atoms with Gasteiger partial charge in [-0.2, -0.15) is 0 Å². The van der Waals surface area contributed by atoms with Crippen molar-refractivity contribution in [3.8, 4) is 11.5 Å². The molecule has 2 aromatic carbocycles. The number of pyridine rings is 1. The van der Waals surface area contributed by atoms with Crippen molar-refractivity contribution in [2.24, 2.45) is 0 Å². The Labute approximate surface area is 163 Å². The van der Waals surface area contributed by atoms with Crippen molar-refractivity contribution in [3.05, 3.63) is 95.6 Å². The van der Waals surface area contributed by atoms with Crippen LogP contribution in [0.4, 0.5) is 4.39 Å². The minimum atomic E-state index is -0.290. The van der Waals surface area contributed by atoms with Gasteiger partial charge in [0.2, 0.25) is 5.91 Å². The molecule has 0 aliphatic carbocycles. The molecular formula is C23H21FN2O2. The highest BCUT2D eigenvalue weighted by molar-refractivity contribution is 5.92. The van der Waals surface area contributed by atoms with E-state index in [0.29, 0.717) is 22.6 Å². The number of hydrogen-bond acceptors (Lipinski definition) is 3. The fourth-order valence-corrected chi connectivity index (χ4v) is 2.62. The van der Waals surface area contributed by atoms with Crippen LogP contribution in [-0.4, -0.2) is 10.9 Å². The van der Waals surface area contributed by atoms with Crippen molar-refractivity contribution in [2.75, 3.05) is 0 Å². The maximum Gasteiger partial charge on any atom is 0.244 e. The van der Waals surface area contributed by atoms with Gasteiger partial charge in [0.1, 0.15) is 17.3 Å². The molecular weight excluding hydrogens is 355 g/mol. The Hall–Kier alpha value is -3.47. The molecule has 0 bridgehead atoms. The summed E-state index contributed by atoms with van der Waals surface area (Å²) in [5.74, 6) is 0.760. The van der Waals surface area contributed by atoms with E-state index in [1.807, 2.05) is 37.3 Å². The molecule has 0 aliphatic heterocycles. The van der Waals surface area contributed by atoms with E-state index in [0.717, 1.165) is 5.56 Å². The van der Waals surface area contributed by atoms with Crippen LogP contribution in [0.25, 0.3) is 6.08 Å². The first-order chi connectivity index (χ1) is 13.5. The van der Waals surface area contributed by atoms with Gasteiger partial charge < -0.3 is 10.1 Å². The number of rotatable bonds is 6. The number of benzene rings is 2. The van der Waals surface area contributed by atoms with E-state index in [1.165, 1.54) is 12.1 Å². The third-order valence-corrected chi connectivity index (χ3v) is 4.21. The van der Waals surface area contributed by atoms with Crippen LogP contribution in [-0.2, 0) is 4.79 Å². The molecule has 4 nitrogen and oxygen atoms in total. The Morgan fingerprint density at radius 3 is 2.71 bits per heavy atom. The highest BCUT2D eigenvalue weighted by Gasteiger charge is 2.09. The van der Waals surface area contributed by atoms with E-state index >= 15 is 0 Å². The molecule has 5 heteroatoms. The third kappa shape index (κ3) is 5.27. The van der Waals surface area contributed by atoms with Crippen LogP contribution in [0.2, 0.25) is 0 Å². The smallest absolute Gasteiger partial charge is 0.244 e. The molecule has 142 valence electrons. The van der Waals surface area contributed by atoms with Gasteiger partial charge in [-0.3, -0.25) is 9.78 Å². The van der Waals surface area contributed by atoms with Crippen molar-refractivity contribution in [2.45, 2.75) is 19.9 Å². The number of ether oxygens (including phenoxy) is 1. The van der Waals surface area contributed by atoms with Gasteiger partial charge in [0.05, 0.1) is 12.2 Å². The lowest BCUT2D eigenvalue weighted by Gasteiger charge is -2.14. The number of aromatic nitrogens is 1. The summed E-state index contributed by atoms with van der Waals surface area (Å²) in [4.78, 5) is 16.2. The average Bonchev–Trinajstić information content (AvgIpc) is 2.70. The topological polar surface area (TPSA) is 51.2 Å². The Kier molecular flexibility index (Phi) is 6.17. The lowest BCUT2D eigenvalue weighted by molar-refractivity contribution is -0.117. The molecule has 0 spiro atoms. The second-order valence-electron chi connectivity index (χ2n) is 6.44. The molecule has 1 amide bonds. The minimum absolute atomic E-state index is 0.218. The summed E-state index contributed by atoms with van der Waals surface area (Å²) in [6.45, 7) is 3.59. The quantitative estimate of drug-likeness (QED) is 0.601. The Bertz CT molecular complexity index is 987. The largest absolute Gasteiger partial charge is 0.456 e. The van der Waals surface area contributed by atoms with E-state index in [2.05, 4.69) is 10.3 Å². The zero-order valence-electron chi connectivity index (χ0n) is 15.7. The monoisotopic (exact) mass is 376 g/mol. The van der Waals surface area contributed by atoms with E-state index in [4.69, 9.17) is 4.74 Å². The van der Waals surface area contributed by atoms with Crippen molar-refractivity contribution in [1.29, 1.82) is 0 Å². The Balaban J connectivity index is 1.62. The molecule has 28 heavy (non-hydrogen) atoms. The molecule has 1 unspecified atom stereocenters. The Morgan fingerprint density at radius 2 is 1.96 bits per heavy atom. The molecule has 0 saturated carbocycles. The van der Waals surface area contributed by atoms with Gasteiger partial charge in [-0.05, 0) is 66.9 Å². The summed E-state index contributed by atoms with van der Waals surface area (Å²) in [6.07, 6.45) is 6.30. The summed E-state index contributed by atoms with van der Waals surface area (Å²) >= 11 is 0. The van der Waals surface area contributed by atoms with Gasteiger partial charge in [0.15, 0.2) is 0 Å². The van der Waals surface area contributed by atoms with Gasteiger partial charge in [-0.25, -0.2) is 4.39 Å². The molecule has 1 atom stereocenters. The molecule has 1 heterocycles. The SMILES string of the molecule is Cc1ccc(/C=C/C(=O)NC(C)c2cccc(Oc3cccnc3)c2)cc1F. The van der Waals surface area contributed by atoms with Crippen molar-refractivity contribution in [1.82, 2.24) is 10.3 Å². The number of carbonyl (C=O) groups is 1. The van der Waals surface area contributed by atoms with Crippen molar-refractivity contribution in [3.63, 3.8) is 0 Å². The first-order valence-corrected chi connectivity index (χ1v) is 8.94. The Morgan fingerprint density at radius 1 is 1.14 bits per heavy atom.